The number of aromatic nitrogens is 5. The van der Waals surface area contributed by atoms with Gasteiger partial charge in [0.2, 0.25) is 0 Å². The van der Waals surface area contributed by atoms with Crippen molar-refractivity contribution < 1.29 is 17.9 Å². The molecule has 5 rings (SSSR count). The van der Waals surface area contributed by atoms with Crippen LogP contribution in [0.25, 0.3) is 16.9 Å². The van der Waals surface area contributed by atoms with Gasteiger partial charge in [0.1, 0.15) is 11.3 Å². The van der Waals surface area contributed by atoms with Gasteiger partial charge in [0.05, 0.1) is 35.8 Å². The van der Waals surface area contributed by atoms with Gasteiger partial charge < -0.3 is 15.4 Å². The number of anilines is 1. The third kappa shape index (κ3) is 3.39. The average Bonchev–Trinajstić information content (AvgIpc) is 3.30. The Kier molecular flexibility index (Phi) is 5.02. The summed E-state index contributed by atoms with van der Waals surface area (Å²) in [6.45, 7) is 4.22. The van der Waals surface area contributed by atoms with Crippen molar-refractivity contribution in [3.05, 3.63) is 35.4 Å². The van der Waals surface area contributed by atoms with Crippen LogP contribution in [-0.4, -0.2) is 56.6 Å². The molecule has 0 saturated carbocycles. The minimum atomic E-state index is -4.68. The molecule has 2 aliphatic heterocycles. The highest BCUT2D eigenvalue weighted by Gasteiger charge is 2.47. The predicted octanol–water partition coefficient (Wildman–Crippen LogP) is 3.22. The van der Waals surface area contributed by atoms with Crippen molar-refractivity contribution in [2.75, 3.05) is 24.6 Å². The summed E-state index contributed by atoms with van der Waals surface area (Å²) in [5.74, 6) is 0.684. The summed E-state index contributed by atoms with van der Waals surface area (Å²) in [7, 11) is 0. The third-order valence-electron chi connectivity index (χ3n) is 6.56. The molecule has 3 aromatic rings. The minimum absolute atomic E-state index is 0.00733. The molecule has 0 amide bonds. The molecule has 32 heavy (non-hydrogen) atoms. The van der Waals surface area contributed by atoms with E-state index in [2.05, 4.69) is 25.0 Å². The number of alkyl halides is 3. The van der Waals surface area contributed by atoms with Crippen LogP contribution in [0.15, 0.2) is 24.7 Å². The van der Waals surface area contributed by atoms with Crippen LogP contribution in [0.4, 0.5) is 19.0 Å². The first kappa shape index (κ1) is 21.4. The largest absolute Gasteiger partial charge is 0.434 e. The van der Waals surface area contributed by atoms with Crippen LogP contribution in [0, 0.1) is 5.41 Å². The van der Waals surface area contributed by atoms with E-state index in [9.17, 15) is 13.2 Å². The Balaban J connectivity index is 1.41. The first-order valence-electron chi connectivity index (χ1n) is 10.2. The zero-order chi connectivity index (χ0) is 22.7. The van der Waals surface area contributed by atoms with E-state index in [1.165, 1.54) is 16.9 Å². The maximum atomic E-state index is 13.2. The fourth-order valence-corrected chi connectivity index (χ4v) is 4.88. The number of nitrogens with zero attached hydrogens (tertiary/aromatic N) is 6. The van der Waals surface area contributed by atoms with Crippen LogP contribution in [0.5, 0.6) is 0 Å². The average molecular weight is 468 g/mol. The lowest BCUT2D eigenvalue weighted by Gasteiger charge is -2.41. The molecule has 12 heteroatoms. The zero-order valence-corrected chi connectivity index (χ0v) is 17.9. The quantitative estimate of drug-likeness (QED) is 0.618. The van der Waals surface area contributed by atoms with Crippen molar-refractivity contribution in [2.45, 2.75) is 38.1 Å². The molecule has 0 aliphatic carbocycles. The summed E-state index contributed by atoms with van der Waals surface area (Å²) in [6, 6.07) is 1.38. The maximum Gasteiger partial charge on any atom is 0.434 e. The maximum absolute atomic E-state index is 13.2. The molecule has 5 heterocycles. The smallest absolute Gasteiger partial charge is 0.376 e. The van der Waals surface area contributed by atoms with Crippen LogP contribution in [-0.2, 0) is 10.9 Å². The van der Waals surface area contributed by atoms with Gasteiger partial charge in [-0.2, -0.15) is 18.3 Å². The Labute approximate surface area is 186 Å². The lowest BCUT2D eigenvalue weighted by Crippen LogP contribution is -2.50. The van der Waals surface area contributed by atoms with Crippen molar-refractivity contribution in [3.8, 4) is 5.69 Å². The number of halogens is 4. The highest BCUT2D eigenvalue weighted by atomic mass is 35.5. The molecule has 0 unspecified atom stereocenters. The van der Waals surface area contributed by atoms with Crippen molar-refractivity contribution in [1.29, 1.82) is 0 Å². The van der Waals surface area contributed by atoms with E-state index in [1.807, 2.05) is 6.92 Å². The first-order chi connectivity index (χ1) is 15.2. The van der Waals surface area contributed by atoms with E-state index in [0.29, 0.717) is 23.6 Å². The Morgan fingerprint density at radius 3 is 2.62 bits per heavy atom. The second kappa shape index (κ2) is 7.53. The number of pyridine rings is 1. The molecular formula is C20H21ClF3N7O. The number of hydrogen-bond donors (Lipinski definition) is 1. The van der Waals surface area contributed by atoms with Gasteiger partial charge in [-0.1, -0.05) is 11.6 Å². The van der Waals surface area contributed by atoms with Crippen LogP contribution >= 0.6 is 11.6 Å². The summed E-state index contributed by atoms with van der Waals surface area (Å²) in [4.78, 5) is 14.5. The SMILES string of the molecule is C[C@@H]1OCC2(CCN(c3cnc4c(cnn4-c4ccnc(C(F)(F)F)c4Cl)n3)CC2)[C@@H]1N. The Hall–Kier alpha value is -2.50. The molecule has 2 saturated heterocycles. The number of fused-ring (bicyclic) bond motifs is 1. The molecule has 2 atom stereocenters. The first-order valence-corrected chi connectivity index (χ1v) is 10.6. The van der Waals surface area contributed by atoms with Gasteiger partial charge in [0.15, 0.2) is 11.3 Å². The number of hydrogen-bond acceptors (Lipinski definition) is 7. The number of nitrogens with two attached hydrogens (primary N) is 1. The van der Waals surface area contributed by atoms with Crippen molar-refractivity contribution in [1.82, 2.24) is 24.7 Å². The van der Waals surface area contributed by atoms with E-state index < -0.39 is 16.9 Å². The van der Waals surface area contributed by atoms with Gasteiger partial charge in [0.25, 0.3) is 0 Å². The molecule has 2 aliphatic rings. The lowest BCUT2D eigenvalue weighted by atomic mass is 9.73. The fraction of sp³-hybridized carbons (Fsp3) is 0.500. The van der Waals surface area contributed by atoms with Crippen LogP contribution in [0.1, 0.15) is 25.5 Å². The molecule has 8 nitrogen and oxygen atoms in total. The molecule has 170 valence electrons. The number of rotatable bonds is 2. The molecule has 0 radical (unpaired) electrons. The van der Waals surface area contributed by atoms with Gasteiger partial charge in [0, 0.05) is 30.7 Å². The summed E-state index contributed by atoms with van der Waals surface area (Å²) in [6.07, 6.45) is 1.28. The lowest BCUT2D eigenvalue weighted by molar-refractivity contribution is -0.141. The summed E-state index contributed by atoms with van der Waals surface area (Å²) < 4.78 is 46.5. The minimum Gasteiger partial charge on any atom is -0.376 e. The third-order valence-corrected chi connectivity index (χ3v) is 6.93. The molecule has 2 fully saturated rings. The highest BCUT2D eigenvalue weighted by Crippen LogP contribution is 2.42. The van der Waals surface area contributed by atoms with Crippen LogP contribution in [0.3, 0.4) is 0 Å². The number of ether oxygens (including phenoxy) is 1. The summed E-state index contributed by atoms with van der Waals surface area (Å²) in [5, 5.41) is 3.63. The monoisotopic (exact) mass is 467 g/mol. The van der Waals surface area contributed by atoms with Gasteiger partial charge >= 0.3 is 6.18 Å². The van der Waals surface area contributed by atoms with Crippen molar-refractivity contribution in [2.24, 2.45) is 11.1 Å². The zero-order valence-electron chi connectivity index (χ0n) is 17.2. The van der Waals surface area contributed by atoms with Gasteiger partial charge in [-0.3, -0.25) is 4.98 Å². The molecule has 1 spiro atoms. The van der Waals surface area contributed by atoms with E-state index in [4.69, 9.17) is 22.1 Å². The van der Waals surface area contributed by atoms with Gasteiger partial charge in [-0.15, -0.1) is 0 Å². The standard InChI is InChI=1S/C20H21ClF3N7O/c1-11-16(25)19(10-32-11)3-6-30(7-4-19)14-9-27-18-12(29-14)8-28-31(18)13-2-5-26-17(15(13)21)20(22,23)24/h2,5,8-9,11,16H,3-4,6-7,10,25H2,1H3/t11-,16+/m0/s1. The van der Waals surface area contributed by atoms with Crippen LogP contribution in [0.2, 0.25) is 5.02 Å². The predicted molar refractivity (Wildman–Crippen MR) is 112 cm³/mol. The van der Waals surface area contributed by atoms with Gasteiger partial charge in [-0.25, -0.2) is 14.6 Å². The summed E-state index contributed by atoms with van der Waals surface area (Å²) in [5.41, 5.74) is 6.01. The molecule has 0 aromatic carbocycles. The Morgan fingerprint density at radius 1 is 1.22 bits per heavy atom. The molecule has 0 bridgehead atoms. The second-order valence-electron chi connectivity index (χ2n) is 8.38. The molecule has 2 N–H and O–H groups in total. The molecular weight excluding hydrogens is 447 g/mol. The van der Waals surface area contributed by atoms with Crippen molar-refractivity contribution in [3.63, 3.8) is 0 Å². The van der Waals surface area contributed by atoms with E-state index in [1.54, 1.807) is 6.20 Å². The Bertz CT molecular complexity index is 1160. The highest BCUT2D eigenvalue weighted by molar-refractivity contribution is 6.33. The van der Waals surface area contributed by atoms with E-state index >= 15 is 0 Å². The second-order valence-corrected chi connectivity index (χ2v) is 8.75. The van der Waals surface area contributed by atoms with E-state index in [0.717, 1.165) is 32.1 Å². The molecule has 3 aromatic heterocycles. The Morgan fingerprint density at radius 2 is 1.97 bits per heavy atom. The van der Waals surface area contributed by atoms with Crippen LogP contribution < -0.4 is 10.6 Å². The summed E-state index contributed by atoms with van der Waals surface area (Å²) >= 11 is 6.00. The number of piperidine rings is 1. The van der Waals surface area contributed by atoms with Crippen molar-refractivity contribution >= 4 is 28.6 Å². The normalized spacial score (nSPS) is 23.4. The van der Waals surface area contributed by atoms with E-state index in [-0.39, 0.29) is 23.2 Å². The van der Waals surface area contributed by atoms with Gasteiger partial charge in [-0.05, 0) is 25.8 Å². The fourth-order valence-electron chi connectivity index (χ4n) is 4.58. The topological polar surface area (TPSA) is 95.0 Å².